The van der Waals surface area contributed by atoms with Crippen molar-refractivity contribution in [2.75, 3.05) is 13.2 Å². The summed E-state index contributed by atoms with van der Waals surface area (Å²) in [5.41, 5.74) is 1.85. The van der Waals surface area contributed by atoms with Crippen molar-refractivity contribution in [1.29, 1.82) is 0 Å². The zero-order valence-corrected chi connectivity index (χ0v) is 14.0. The largest absolute Gasteiger partial charge is 0.380 e. The van der Waals surface area contributed by atoms with Gasteiger partial charge in [-0.15, -0.1) is 16.4 Å². The van der Waals surface area contributed by atoms with E-state index in [0.29, 0.717) is 0 Å². The molecule has 0 aromatic carbocycles. The van der Waals surface area contributed by atoms with Crippen LogP contribution in [0.5, 0.6) is 0 Å². The second kappa shape index (κ2) is 5.54. The van der Waals surface area contributed by atoms with Gasteiger partial charge in [-0.25, -0.2) is 9.97 Å². The molecule has 8 heteroatoms. The third-order valence-corrected chi connectivity index (χ3v) is 5.22. The molecule has 0 atom stereocenters. The number of rotatable bonds is 5. The van der Waals surface area contributed by atoms with Crippen LogP contribution in [0.1, 0.15) is 13.3 Å². The van der Waals surface area contributed by atoms with Crippen molar-refractivity contribution in [3.63, 3.8) is 0 Å². The van der Waals surface area contributed by atoms with E-state index in [9.17, 15) is 0 Å². The Morgan fingerprint density at radius 2 is 2.22 bits per heavy atom. The number of ether oxygens (including phenoxy) is 1. The zero-order valence-electron chi connectivity index (χ0n) is 13.1. The summed E-state index contributed by atoms with van der Waals surface area (Å²) >= 11 is 1.57. The highest BCUT2D eigenvalue weighted by Crippen LogP contribution is 2.33. The molecular formula is C15H18N6OS. The number of hydrogen-bond donors (Lipinski definition) is 0. The quantitative estimate of drug-likeness (QED) is 0.717. The molecule has 0 aliphatic carbocycles. The molecule has 0 N–H and O–H groups in total. The predicted molar refractivity (Wildman–Crippen MR) is 86.9 cm³/mol. The van der Waals surface area contributed by atoms with Gasteiger partial charge in [-0.05, 0) is 6.42 Å². The predicted octanol–water partition coefficient (Wildman–Crippen LogP) is 2.23. The first-order valence-electron chi connectivity index (χ1n) is 7.61. The van der Waals surface area contributed by atoms with E-state index in [0.717, 1.165) is 48.4 Å². The van der Waals surface area contributed by atoms with Gasteiger partial charge in [0.25, 0.3) is 0 Å². The van der Waals surface area contributed by atoms with E-state index >= 15 is 0 Å². The lowest BCUT2D eigenvalue weighted by Crippen LogP contribution is -2.45. The van der Waals surface area contributed by atoms with Crippen molar-refractivity contribution in [3.8, 4) is 22.2 Å². The Morgan fingerprint density at radius 3 is 2.87 bits per heavy atom. The third-order valence-electron chi connectivity index (χ3n) is 4.38. The average Bonchev–Trinajstić information content (AvgIpc) is 3.22. The maximum atomic E-state index is 5.37. The van der Waals surface area contributed by atoms with Crippen LogP contribution in [0.15, 0.2) is 24.0 Å². The summed E-state index contributed by atoms with van der Waals surface area (Å²) in [5, 5.41) is 11.4. The SMILES string of the molecule is CCC1(Cn2cc(-c3csc(-c4nccn4C)n3)nn2)COC1. The monoisotopic (exact) mass is 330 g/mol. The van der Waals surface area contributed by atoms with E-state index in [4.69, 9.17) is 4.74 Å². The van der Waals surface area contributed by atoms with Gasteiger partial charge >= 0.3 is 0 Å². The van der Waals surface area contributed by atoms with Crippen molar-refractivity contribution < 1.29 is 4.74 Å². The Labute approximate surface area is 138 Å². The lowest BCUT2D eigenvalue weighted by atomic mass is 9.83. The molecule has 0 spiro atoms. The molecule has 4 rings (SSSR count). The van der Waals surface area contributed by atoms with Gasteiger partial charge in [0.05, 0.1) is 26.0 Å². The minimum atomic E-state index is 0.213. The summed E-state index contributed by atoms with van der Waals surface area (Å²) in [6.45, 7) is 4.64. The van der Waals surface area contributed by atoms with Crippen LogP contribution in [0.3, 0.4) is 0 Å². The molecule has 1 fully saturated rings. The number of thiazole rings is 1. The first-order valence-corrected chi connectivity index (χ1v) is 8.48. The minimum absolute atomic E-state index is 0.213. The van der Waals surface area contributed by atoms with Gasteiger partial charge in [0, 0.05) is 30.2 Å². The first-order chi connectivity index (χ1) is 11.2. The Balaban J connectivity index is 1.55. The van der Waals surface area contributed by atoms with Gasteiger partial charge in [0.15, 0.2) is 10.8 Å². The smallest absolute Gasteiger partial charge is 0.168 e. The molecule has 1 saturated heterocycles. The van der Waals surface area contributed by atoms with Gasteiger partial charge in [-0.3, -0.25) is 4.68 Å². The molecule has 1 aliphatic heterocycles. The van der Waals surface area contributed by atoms with E-state index in [1.807, 2.05) is 34.1 Å². The summed E-state index contributed by atoms with van der Waals surface area (Å²) in [7, 11) is 1.96. The molecular weight excluding hydrogens is 312 g/mol. The van der Waals surface area contributed by atoms with Gasteiger partial charge in [0.2, 0.25) is 0 Å². The van der Waals surface area contributed by atoms with Crippen LogP contribution in [0, 0.1) is 5.41 Å². The number of hydrogen-bond acceptors (Lipinski definition) is 6. The number of nitrogens with zero attached hydrogens (tertiary/aromatic N) is 6. The van der Waals surface area contributed by atoms with Crippen molar-refractivity contribution in [3.05, 3.63) is 24.0 Å². The fraction of sp³-hybridized carbons (Fsp3) is 0.467. The molecule has 0 bridgehead atoms. The van der Waals surface area contributed by atoms with Gasteiger partial charge < -0.3 is 9.30 Å². The Kier molecular flexibility index (Phi) is 3.50. The highest BCUT2D eigenvalue weighted by molar-refractivity contribution is 7.13. The zero-order chi connectivity index (χ0) is 15.9. The van der Waals surface area contributed by atoms with Crippen LogP contribution in [0.2, 0.25) is 0 Å². The van der Waals surface area contributed by atoms with Crippen LogP contribution in [0.25, 0.3) is 22.2 Å². The molecule has 0 unspecified atom stereocenters. The Bertz CT molecular complexity index is 810. The molecule has 4 heterocycles. The highest BCUT2D eigenvalue weighted by Gasteiger charge is 2.37. The average molecular weight is 330 g/mol. The van der Waals surface area contributed by atoms with Crippen LogP contribution in [0.4, 0.5) is 0 Å². The van der Waals surface area contributed by atoms with Crippen molar-refractivity contribution in [1.82, 2.24) is 29.5 Å². The molecule has 23 heavy (non-hydrogen) atoms. The molecule has 1 aliphatic rings. The van der Waals surface area contributed by atoms with E-state index in [-0.39, 0.29) is 5.41 Å². The van der Waals surface area contributed by atoms with E-state index in [2.05, 4.69) is 27.2 Å². The molecule has 0 saturated carbocycles. The van der Waals surface area contributed by atoms with Crippen LogP contribution in [-0.4, -0.2) is 42.7 Å². The number of aryl methyl sites for hydroxylation is 1. The molecule has 120 valence electrons. The van der Waals surface area contributed by atoms with Gasteiger partial charge in [-0.2, -0.15) is 0 Å². The Morgan fingerprint density at radius 1 is 1.35 bits per heavy atom. The standard InChI is InChI=1S/C15H18N6OS/c1-3-15(9-22-10-15)8-21-6-11(18-19-21)12-7-23-14(17-12)13-16-4-5-20(13)2/h4-7H,3,8-10H2,1-2H3. The molecule has 3 aromatic rings. The summed E-state index contributed by atoms with van der Waals surface area (Å²) in [6, 6.07) is 0. The van der Waals surface area contributed by atoms with Crippen LogP contribution >= 0.6 is 11.3 Å². The number of aromatic nitrogens is 6. The fourth-order valence-corrected chi connectivity index (χ4v) is 3.55. The molecule has 3 aromatic heterocycles. The fourth-order valence-electron chi connectivity index (χ4n) is 2.70. The lowest BCUT2D eigenvalue weighted by Gasteiger charge is -2.40. The lowest BCUT2D eigenvalue weighted by molar-refractivity contribution is -0.125. The van der Waals surface area contributed by atoms with Crippen LogP contribution < -0.4 is 0 Å². The minimum Gasteiger partial charge on any atom is -0.380 e. The normalized spacial score (nSPS) is 16.4. The summed E-state index contributed by atoms with van der Waals surface area (Å²) < 4.78 is 9.23. The maximum Gasteiger partial charge on any atom is 0.168 e. The number of imidazole rings is 1. The third kappa shape index (κ3) is 2.57. The van der Waals surface area contributed by atoms with Crippen LogP contribution in [-0.2, 0) is 18.3 Å². The topological polar surface area (TPSA) is 70.7 Å². The molecule has 0 radical (unpaired) electrons. The van der Waals surface area contributed by atoms with Crippen molar-refractivity contribution in [2.24, 2.45) is 12.5 Å². The van der Waals surface area contributed by atoms with Crippen molar-refractivity contribution in [2.45, 2.75) is 19.9 Å². The molecule has 7 nitrogen and oxygen atoms in total. The Hall–Kier alpha value is -2.06. The van der Waals surface area contributed by atoms with Crippen molar-refractivity contribution >= 4 is 11.3 Å². The first kappa shape index (κ1) is 14.5. The summed E-state index contributed by atoms with van der Waals surface area (Å²) in [6.07, 6.45) is 6.74. The second-order valence-electron chi connectivity index (χ2n) is 6.05. The van der Waals surface area contributed by atoms with Gasteiger partial charge in [0.1, 0.15) is 11.4 Å². The summed E-state index contributed by atoms with van der Waals surface area (Å²) in [4.78, 5) is 8.97. The second-order valence-corrected chi connectivity index (χ2v) is 6.91. The van der Waals surface area contributed by atoms with Gasteiger partial charge in [-0.1, -0.05) is 12.1 Å². The van der Waals surface area contributed by atoms with E-state index < -0.39 is 0 Å². The summed E-state index contributed by atoms with van der Waals surface area (Å²) in [5.74, 6) is 0.866. The van der Waals surface area contributed by atoms with E-state index in [1.165, 1.54) is 0 Å². The van der Waals surface area contributed by atoms with E-state index in [1.54, 1.807) is 17.5 Å². The molecule has 0 amide bonds. The highest BCUT2D eigenvalue weighted by atomic mass is 32.1. The maximum absolute atomic E-state index is 5.37.